The summed E-state index contributed by atoms with van der Waals surface area (Å²) >= 11 is 0. The van der Waals surface area contributed by atoms with E-state index >= 15 is 0 Å². The average molecular weight is 286 g/mol. The molecule has 1 aromatic rings. The Bertz CT molecular complexity index is 517. The van der Waals surface area contributed by atoms with Gasteiger partial charge in [0.15, 0.2) is 12.0 Å². The van der Waals surface area contributed by atoms with E-state index in [9.17, 15) is 36.9 Å². The number of rotatable bonds is 4. The molecule has 6 nitrogen and oxygen atoms in total. The largest absolute Gasteiger partial charge is 0.573 e. The van der Waals surface area contributed by atoms with Gasteiger partial charge in [0.25, 0.3) is 6.43 Å². The molecular formula is C8H3F5N2O4. The standard InChI is InChI=1S/C8H3F5N2O4/c9-7(10)3-1-14-4(2-16)5(15(17)18)6(3)19-8(11,12)13/h1-2,7H. The van der Waals surface area contributed by atoms with Crippen molar-refractivity contribution in [2.75, 3.05) is 0 Å². The van der Waals surface area contributed by atoms with Crippen LogP contribution in [0.25, 0.3) is 0 Å². The molecule has 0 saturated carbocycles. The van der Waals surface area contributed by atoms with E-state index in [4.69, 9.17) is 0 Å². The first-order valence-corrected chi connectivity index (χ1v) is 4.33. The molecule has 0 spiro atoms. The second-order valence-electron chi connectivity index (χ2n) is 3.00. The highest BCUT2D eigenvalue weighted by atomic mass is 19.4. The molecular weight excluding hydrogens is 283 g/mol. The van der Waals surface area contributed by atoms with Crippen molar-refractivity contribution in [3.8, 4) is 5.75 Å². The third-order valence-corrected chi connectivity index (χ3v) is 1.81. The fourth-order valence-electron chi connectivity index (χ4n) is 1.15. The summed E-state index contributed by atoms with van der Waals surface area (Å²) in [5, 5.41) is 10.6. The van der Waals surface area contributed by atoms with Crippen LogP contribution in [0.3, 0.4) is 0 Å². The summed E-state index contributed by atoms with van der Waals surface area (Å²) in [5.41, 5.74) is -4.05. The molecule has 0 atom stereocenters. The maximum absolute atomic E-state index is 12.5. The quantitative estimate of drug-likeness (QED) is 0.368. The van der Waals surface area contributed by atoms with Crippen LogP contribution < -0.4 is 4.74 Å². The smallest absolute Gasteiger partial charge is 0.398 e. The molecule has 1 aromatic heterocycles. The summed E-state index contributed by atoms with van der Waals surface area (Å²) in [5.74, 6) is -1.75. The number of ether oxygens (including phenoxy) is 1. The number of aromatic nitrogens is 1. The number of nitrogens with zero attached hydrogens (tertiary/aromatic N) is 2. The predicted octanol–water partition coefficient (Wildman–Crippen LogP) is 2.64. The second-order valence-corrected chi connectivity index (χ2v) is 3.00. The highest BCUT2D eigenvalue weighted by Gasteiger charge is 2.39. The van der Waals surface area contributed by atoms with E-state index in [1.165, 1.54) is 0 Å². The van der Waals surface area contributed by atoms with Crippen molar-refractivity contribution in [3.05, 3.63) is 27.6 Å². The summed E-state index contributed by atoms with van der Waals surface area (Å²) < 4.78 is 64.4. The third kappa shape index (κ3) is 3.33. The van der Waals surface area contributed by atoms with E-state index < -0.39 is 40.4 Å². The van der Waals surface area contributed by atoms with Crippen LogP contribution in [0.2, 0.25) is 0 Å². The molecule has 1 rings (SSSR count). The molecule has 0 aliphatic rings. The van der Waals surface area contributed by atoms with Crippen molar-refractivity contribution in [3.63, 3.8) is 0 Å². The van der Waals surface area contributed by atoms with Gasteiger partial charge in [-0.2, -0.15) is 0 Å². The average Bonchev–Trinajstić information content (AvgIpc) is 2.25. The lowest BCUT2D eigenvalue weighted by Gasteiger charge is -2.13. The summed E-state index contributed by atoms with van der Waals surface area (Å²) in [7, 11) is 0. The first-order valence-electron chi connectivity index (χ1n) is 4.33. The van der Waals surface area contributed by atoms with Crippen LogP contribution in [0.15, 0.2) is 6.20 Å². The Balaban J connectivity index is 3.58. The van der Waals surface area contributed by atoms with Crippen LogP contribution in [-0.4, -0.2) is 22.6 Å². The number of carbonyl (C=O) groups excluding carboxylic acids is 1. The first kappa shape index (κ1) is 14.7. The Labute approximate surface area is 101 Å². The van der Waals surface area contributed by atoms with E-state index in [2.05, 4.69) is 9.72 Å². The van der Waals surface area contributed by atoms with Crippen molar-refractivity contribution < 1.29 is 36.4 Å². The fraction of sp³-hybridized carbons (Fsp3) is 0.250. The lowest BCUT2D eigenvalue weighted by atomic mass is 10.2. The molecule has 0 radical (unpaired) electrons. The molecule has 0 amide bonds. The molecule has 19 heavy (non-hydrogen) atoms. The van der Waals surface area contributed by atoms with E-state index in [0.29, 0.717) is 0 Å². The minimum atomic E-state index is -5.43. The molecule has 11 heteroatoms. The van der Waals surface area contributed by atoms with Gasteiger partial charge in [-0.1, -0.05) is 0 Å². The minimum Gasteiger partial charge on any atom is -0.398 e. The van der Waals surface area contributed by atoms with Gasteiger partial charge in [0, 0.05) is 6.20 Å². The van der Waals surface area contributed by atoms with E-state index in [1.807, 2.05) is 0 Å². The molecule has 0 unspecified atom stereocenters. The number of aldehydes is 1. The van der Waals surface area contributed by atoms with Gasteiger partial charge < -0.3 is 4.74 Å². The SMILES string of the molecule is O=Cc1ncc(C(F)F)c(OC(F)(F)F)c1[N+](=O)[O-]. The van der Waals surface area contributed by atoms with Crippen molar-refractivity contribution in [2.45, 2.75) is 12.8 Å². The summed E-state index contributed by atoms with van der Waals surface area (Å²) in [6.07, 6.45) is -8.96. The molecule has 0 fully saturated rings. The fourth-order valence-corrected chi connectivity index (χ4v) is 1.15. The van der Waals surface area contributed by atoms with Crippen LogP contribution in [0.4, 0.5) is 27.6 Å². The van der Waals surface area contributed by atoms with Crippen LogP contribution >= 0.6 is 0 Å². The van der Waals surface area contributed by atoms with Crippen molar-refractivity contribution in [2.24, 2.45) is 0 Å². The van der Waals surface area contributed by atoms with Gasteiger partial charge in [0.2, 0.25) is 5.75 Å². The van der Waals surface area contributed by atoms with Crippen molar-refractivity contribution >= 4 is 12.0 Å². The molecule has 0 saturated heterocycles. The lowest BCUT2D eigenvalue weighted by Crippen LogP contribution is -2.20. The second kappa shape index (κ2) is 5.12. The molecule has 0 aromatic carbocycles. The Morgan fingerprint density at radius 3 is 2.37 bits per heavy atom. The van der Waals surface area contributed by atoms with Gasteiger partial charge in [0.05, 0.1) is 10.5 Å². The van der Waals surface area contributed by atoms with Gasteiger partial charge >= 0.3 is 12.0 Å². The minimum absolute atomic E-state index is 0.211. The Kier molecular flexibility index (Phi) is 3.97. The van der Waals surface area contributed by atoms with E-state index in [-0.39, 0.29) is 12.5 Å². The number of hydrogen-bond acceptors (Lipinski definition) is 5. The Hall–Kier alpha value is -2.33. The topological polar surface area (TPSA) is 82.3 Å². The Morgan fingerprint density at radius 2 is 2.00 bits per heavy atom. The van der Waals surface area contributed by atoms with Gasteiger partial charge in [0.1, 0.15) is 0 Å². The van der Waals surface area contributed by atoms with Crippen LogP contribution in [0.1, 0.15) is 22.5 Å². The monoisotopic (exact) mass is 286 g/mol. The maximum Gasteiger partial charge on any atom is 0.573 e. The number of hydrogen-bond donors (Lipinski definition) is 0. The number of pyridine rings is 1. The van der Waals surface area contributed by atoms with Crippen molar-refractivity contribution in [1.82, 2.24) is 4.98 Å². The molecule has 0 aliphatic heterocycles. The van der Waals surface area contributed by atoms with Crippen LogP contribution in [0.5, 0.6) is 5.75 Å². The number of alkyl halides is 5. The summed E-state index contributed by atoms with van der Waals surface area (Å²) in [4.78, 5) is 22.6. The lowest BCUT2D eigenvalue weighted by molar-refractivity contribution is -0.389. The van der Waals surface area contributed by atoms with Gasteiger partial charge in [-0.15, -0.1) is 13.2 Å². The van der Waals surface area contributed by atoms with Gasteiger partial charge in [-0.05, 0) is 0 Å². The first-order chi connectivity index (χ1) is 8.67. The normalized spacial score (nSPS) is 11.5. The van der Waals surface area contributed by atoms with Gasteiger partial charge in [-0.3, -0.25) is 14.9 Å². The zero-order valence-corrected chi connectivity index (χ0v) is 8.65. The third-order valence-electron chi connectivity index (χ3n) is 1.81. The summed E-state index contributed by atoms with van der Waals surface area (Å²) in [6, 6.07) is 0. The Morgan fingerprint density at radius 1 is 1.42 bits per heavy atom. The molecule has 0 N–H and O–H groups in total. The highest BCUT2D eigenvalue weighted by molar-refractivity contribution is 5.81. The van der Waals surface area contributed by atoms with Gasteiger partial charge in [-0.25, -0.2) is 13.8 Å². The number of carbonyl (C=O) groups is 1. The number of halogens is 5. The van der Waals surface area contributed by atoms with Crippen LogP contribution in [0, 0.1) is 10.1 Å². The molecule has 1 heterocycles. The van der Waals surface area contributed by atoms with Crippen LogP contribution in [-0.2, 0) is 0 Å². The molecule has 104 valence electrons. The highest BCUT2D eigenvalue weighted by Crippen LogP contribution is 2.40. The molecule has 0 aliphatic carbocycles. The number of nitro groups is 1. The molecule has 0 bridgehead atoms. The summed E-state index contributed by atoms with van der Waals surface area (Å²) in [6.45, 7) is 0. The zero-order valence-electron chi connectivity index (χ0n) is 8.65. The maximum atomic E-state index is 12.5. The van der Waals surface area contributed by atoms with E-state index in [0.717, 1.165) is 0 Å². The predicted molar refractivity (Wildman–Crippen MR) is 47.9 cm³/mol. The van der Waals surface area contributed by atoms with Crippen molar-refractivity contribution in [1.29, 1.82) is 0 Å². The zero-order chi connectivity index (χ0) is 14.8. The van der Waals surface area contributed by atoms with E-state index in [1.54, 1.807) is 0 Å².